The second-order valence-corrected chi connectivity index (χ2v) is 8.75. The minimum atomic E-state index is -0.942. The van der Waals surface area contributed by atoms with Crippen molar-refractivity contribution in [2.45, 2.75) is 44.3 Å². The van der Waals surface area contributed by atoms with Crippen LogP contribution in [-0.2, 0) is 22.6 Å². The highest BCUT2D eigenvalue weighted by Crippen LogP contribution is 2.28. The number of hydrogen-bond donors (Lipinski definition) is 3. The van der Waals surface area contributed by atoms with Gasteiger partial charge in [0, 0.05) is 19.0 Å². The van der Waals surface area contributed by atoms with Crippen LogP contribution in [0, 0.1) is 0 Å². The molecule has 0 aliphatic carbocycles. The molecule has 3 N–H and O–H groups in total. The fraction of sp³-hybridized carbons (Fsp3) is 0.360. The van der Waals surface area contributed by atoms with E-state index < -0.39 is 23.8 Å². The number of imide groups is 2. The predicted octanol–water partition coefficient (Wildman–Crippen LogP) is 1.45. The predicted molar refractivity (Wildman–Crippen MR) is 120 cm³/mol. The lowest BCUT2D eigenvalue weighted by atomic mass is 9.92. The van der Waals surface area contributed by atoms with Gasteiger partial charge in [0.2, 0.25) is 11.8 Å². The molecule has 2 aromatic rings. The first-order chi connectivity index (χ1) is 16.0. The third-order valence-corrected chi connectivity index (χ3v) is 6.66. The zero-order valence-corrected chi connectivity index (χ0v) is 18.2. The lowest BCUT2D eigenvalue weighted by Crippen LogP contribution is -2.54. The summed E-state index contributed by atoms with van der Waals surface area (Å²) in [5.41, 5.74) is 4.28. The van der Waals surface area contributed by atoms with Crippen LogP contribution in [0.2, 0.25) is 0 Å². The number of nitrogens with one attached hydrogen (secondary N) is 3. The van der Waals surface area contributed by atoms with Crippen molar-refractivity contribution in [1.82, 2.24) is 20.9 Å². The van der Waals surface area contributed by atoms with Crippen LogP contribution < -0.4 is 16.0 Å². The van der Waals surface area contributed by atoms with Crippen LogP contribution in [0.1, 0.15) is 62.7 Å². The lowest BCUT2D eigenvalue weighted by Gasteiger charge is -2.27. The van der Waals surface area contributed by atoms with Crippen LogP contribution in [0.4, 0.5) is 0 Å². The van der Waals surface area contributed by atoms with E-state index in [1.807, 2.05) is 6.07 Å². The molecule has 0 radical (unpaired) electrons. The van der Waals surface area contributed by atoms with E-state index >= 15 is 0 Å². The van der Waals surface area contributed by atoms with Gasteiger partial charge in [-0.25, -0.2) is 0 Å². The summed E-state index contributed by atoms with van der Waals surface area (Å²) in [5, 5.41) is 9.23. The minimum Gasteiger partial charge on any atom is -0.313 e. The maximum Gasteiger partial charge on any atom is 0.262 e. The number of nitrogens with zero attached hydrogens (tertiary/aromatic N) is 1. The second-order valence-electron chi connectivity index (χ2n) is 8.75. The summed E-state index contributed by atoms with van der Waals surface area (Å²) in [4.78, 5) is 50.4. The number of piperidine rings is 1. The molecule has 5 rings (SSSR count). The van der Waals surface area contributed by atoms with Gasteiger partial charge in [-0.3, -0.25) is 29.4 Å². The highest BCUT2D eigenvalue weighted by molar-refractivity contribution is 6.23. The molecule has 8 nitrogen and oxygen atoms in total. The van der Waals surface area contributed by atoms with Crippen molar-refractivity contribution in [3.05, 3.63) is 70.3 Å². The highest BCUT2D eigenvalue weighted by atomic mass is 16.2. The van der Waals surface area contributed by atoms with Crippen LogP contribution in [0.15, 0.2) is 42.5 Å². The van der Waals surface area contributed by atoms with Crippen LogP contribution >= 0.6 is 0 Å². The van der Waals surface area contributed by atoms with Crippen molar-refractivity contribution in [1.29, 1.82) is 0 Å². The number of amides is 4. The first-order valence-corrected chi connectivity index (χ1v) is 11.4. The average Bonchev–Trinajstić information content (AvgIpc) is 3.06. The number of carbonyl (C=O) groups excluding carboxylic acids is 4. The molecule has 0 saturated carbocycles. The van der Waals surface area contributed by atoms with Crippen molar-refractivity contribution in [2.75, 3.05) is 13.1 Å². The van der Waals surface area contributed by atoms with E-state index in [1.54, 1.807) is 12.1 Å². The van der Waals surface area contributed by atoms with E-state index in [2.05, 4.69) is 40.2 Å². The maximum absolute atomic E-state index is 13.0. The smallest absolute Gasteiger partial charge is 0.262 e. The summed E-state index contributed by atoms with van der Waals surface area (Å²) in [6.45, 7) is 2.35. The average molecular weight is 447 g/mol. The fourth-order valence-corrected chi connectivity index (χ4v) is 4.96. The molecular weight excluding hydrogens is 420 g/mol. The molecule has 170 valence electrons. The number of fused-ring (bicyclic) bond motifs is 2. The van der Waals surface area contributed by atoms with E-state index in [4.69, 9.17) is 0 Å². The van der Waals surface area contributed by atoms with Crippen molar-refractivity contribution in [3.63, 3.8) is 0 Å². The van der Waals surface area contributed by atoms with E-state index in [1.165, 1.54) is 11.1 Å². The molecule has 4 amide bonds. The van der Waals surface area contributed by atoms with Crippen LogP contribution in [0.3, 0.4) is 0 Å². The van der Waals surface area contributed by atoms with Gasteiger partial charge < -0.3 is 10.6 Å². The van der Waals surface area contributed by atoms with Crippen LogP contribution in [-0.4, -0.2) is 47.7 Å². The van der Waals surface area contributed by atoms with Gasteiger partial charge in [0.1, 0.15) is 6.04 Å². The third-order valence-electron chi connectivity index (χ3n) is 6.66. The number of benzene rings is 2. The number of hydrogen-bond acceptors (Lipinski definition) is 6. The monoisotopic (exact) mass is 446 g/mol. The summed E-state index contributed by atoms with van der Waals surface area (Å²) in [6.07, 6.45) is 2.27. The SMILES string of the molecule is O=C1CCC(N2C(=O)c3ccc(CNCCC4NCCc5ccccc54)cc3C2=O)C(=O)N1. The Bertz CT molecular complexity index is 1140. The highest BCUT2D eigenvalue weighted by Gasteiger charge is 2.44. The molecule has 1 saturated heterocycles. The summed E-state index contributed by atoms with van der Waals surface area (Å²) < 4.78 is 0. The first-order valence-electron chi connectivity index (χ1n) is 11.4. The standard InChI is InChI=1S/C25H26N4O4/c30-22-8-7-21(23(31)28-22)29-24(32)18-6-5-15(13-19(18)25(29)33)14-26-11-10-20-17-4-2-1-3-16(17)9-12-27-20/h1-6,13,20-21,26-27H,7-12,14H2,(H,28,30,31). The molecule has 8 heteroatoms. The van der Waals surface area contributed by atoms with Gasteiger partial charge >= 0.3 is 0 Å². The Kier molecular flexibility index (Phi) is 5.78. The summed E-state index contributed by atoms with van der Waals surface area (Å²) in [5.74, 6) is -1.94. The molecule has 33 heavy (non-hydrogen) atoms. The van der Waals surface area contributed by atoms with Crippen LogP contribution in [0.25, 0.3) is 0 Å². The Morgan fingerprint density at radius 2 is 1.79 bits per heavy atom. The zero-order valence-electron chi connectivity index (χ0n) is 18.2. The van der Waals surface area contributed by atoms with Gasteiger partial charge in [-0.05, 0) is 61.2 Å². The quantitative estimate of drug-likeness (QED) is 0.458. The van der Waals surface area contributed by atoms with E-state index in [0.717, 1.165) is 36.4 Å². The van der Waals surface area contributed by atoms with E-state index in [9.17, 15) is 19.2 Å². The Morgan fingerprint density at radius 3 is 2.64 bits per heavy atom. The molecule has 0 aromatic heterocycles. The molecule has 2 atom stereocenters. The lowest BCUT2D eigenvalue weighted by molar-refractivity contribution is -0.136. The van der Waals surface area contributed by atoms with Crippen molar-refractivity contribution in [3.8, 4) is 0 Å². The van der Waals surface area contributed by atoms with Crippen molar-refractivity contribution < 1.29 is 19.2 Å². The summed E-state index contributed by atoms with van der Waals surface area (Å²) in [7, 11) is 0. The van der Waals surface area contributed by atoms with Gasteiger partial charge in [-0.1, -0.05) is 30.3 Å². The van der Waals surface area contributed by atoms with Gasteiger partial charge in [-0.2, -0.15) is 0 Å². The Balaban J connectivity index is 1.21. The molecule has 2 aromatic carbocycles. The molecule has 2 unspecified atom stereocenters. The summed E-state index contributed by atoms with van der Waals surface area (Å²) in [6, 6.07) is 13.1. The van der Waals surface area contributed by atoms with Crippen molar-refractivity contribution >= 4 is 23.6 Å². The molecule has 3 heterocycles. The molecular formula is C25H26N4O4. The van der Waals surface area contributed by atoms with Crippen molar-refractivity contribution in [2.24, 2.45) is 0 Å². The Morgan fingerprint density at radius 1 is 0.970 bits per heavy atom. The number of rotatable bonds is 6. The molecule has 1 fully saturated rings. The Hall–Kier alpha value is -3.36. The third kappa shape index (κ3) is 4.07. The minimum absolute atomic E-state index is 0.110. The normalized spacial score (nSPS) is 22.2. The second kappa shape index (κ2) is 8.88. The van der Waals surface area contributed by atoms with Gasteiger partial charge in [0.25, 0.3) is 11.8 Å². The zero-order chi connectivity index (χ0) is 22.9. The summed E-state index contributed by atoms with van der Waals surface area (Å²) >= 11 is 0. The largest absolute Gasteiger partial charge is 0.313 e. The van der Waals surface area contributed by atoms with Crippen LogP contribution in [0.5, 0.6) is 0 Å². The molecule has 3 aliphatic heterocycles. The molecule has 0 bridgehead atoms. The van der Waals surface area contributed by atoms with E-state index in [0.29, 0.717) is 23.7 Å². The topological polar surface area (TPSA) is 108 Å². The van der Waals surface area contributed by atoms with Gasteiger partial charge in [-0.15, -0.1) is 0 Å². The number of carbonyl (C=O) groups is 4. The molecule has 0 spiro atoms. The van der Waals surface area contributed by atoms with Gasteiger partial charge in [0.05, 0.1) is 11.1 Å². The first kappa shape index (κ1) is 21.5. The molecule has 3 aliphatic rings. The van der Waals surface area contributed by atoms with E-state index in [-0.39, 0.29) is 18.7 Å². The van der Waals surface area contributed by atoms with Gasteiger partial charge in [0.15, 0.2) is 0 Å². The maximum atomic E-state index is 13.0. The Labute approximate surface area is 191 Å². The fourth-order valence-electron chi connectivity index (χ4n) is 4.96.